The smallest absolute Gasteiger partial charge is 0.250 e. The van der Waals surface area contributed by atoms with Crippen LogP contribution in [-0.2, 0) is 4.74 Å². The van der Waals surface area contributed by atoms with Crippen molar-refractivity contribution in [2.75, 3.05) is 28.4 Å². The van der Waals surface area contributed by atoms with Gasteiger partial charge in [-0.15, -0.1) is 0 Å². The zero-order chi connectivity index (χ0) is 23.0. The van der Waals surface area contributed by atoms with Gasteiger partial charge < -0.3 is 28.1 Å². The van der Waals surface area contributed by atoms with E-state index < -0.39 is 8.32 Å². The average Bonchev–Trinajstić information content (AvgIpc) is 3.52. The van der Waals surface area contributed by atoms with Gasteiger partial charge in [-0.1, -0.05) is 26.8 Å². The fourth-order valence-electron chi connectivity index (χ4n) is 3.26. The van der Waals surface area contributed by atoms with Gasteiger partial charge >= 0.3 is 0 Å². The van der Waals surface area contributed by atoms with Gasteiger partial charge in [0.2, 0.25) is 5.75 Å². The van der Waals surface area contributed by atoms with Gasteiger partial charge in [-0.25, -0.2) is 0 Å². The molecule has 0 N–H and O–H groups in total. The highest BCUT2D eigenvalue weighted by Crippen LogP contribution is 2.54. The van der Waals surface area contributed by atoms with Gasteiger partial charge in [-0.3, -0.25) is 0 Å². The number of hydrogen-bond acceptors (Lipinski definition) is 6. The first-order valence-corrected chi connectivity index (χ1v) is 13.3. The fraction of sp³-hybridized carbons (Fsp3) is 0.500. The Hall–Kier alpha value is -2.38. The van der Waals surface area contributed by atoms with Gasteiger partial charge in [-0.2, -0.15) is 0 Å². The van der Waals surface area contributed by atoms with Crippen LogP contribution in [0.2, 0.25) is 18.1 Å². The fourth-order valence-corrected chi connectivity index (χ4v) is 4.28. The summed E-state index contributed by atoms with van der Waals surface area (Å²) in [5, 5.41) is 0.0861. The number of epoxide rings is 1. The minimum absolute atomic E-state index is 0.0736. The molecule has 2 aromatic carbocycles. The van der Waals surface area contributed by atoms with Crippen molar-refractivity contribution in [2.45, 2.75) is 51.1 Å². The van der Waals surface area contributed by atoms with E-state index in [0.29, 0.717) is 17.2 Å². The van der Waals surface area contributed by atoms with Crippen molar-refractivity contribution in [1.82, 2.24) is 0 Å². The Morgan fingerprint density at radius 2 is 1.23 bits per heavy atom. The molecule has 0 saturated carbocycles. The standard InChI is InChI=1S/C24H34O6Si/c1-24(2,3)31(8,9)30-18-12-15(10-11-17(18)25-4)21-22(29-21)16-13-19(26-5)23(28-7)20(14-16)27-6/h10-14,21-22H,1-9H3/t21-,22+/m1/s1. The third-order valence-electron chi connectivity index (χ3n) is 6.19. The Kier molecular flexibility index (Phi) is 6.48. The maximum absolute atomic E-state index is 6.55. The van der Waals surface area contributed by atoms with Gasteiger partial charge in [0.25, 0.3) is 8.32 Å². The average molecular weight is 447 g/mol. The van der Waals surface area contributed by atoms with Crippen LogP contribution in [0.25, 0.3) is 0 Å². The van der Waals surface area contributed by atoms with Crippen LogP contribution in [0.15, 0.2) is 30.3 Å². The normalized spacial score (nSPS) is 18.4. The highest BCUT2D eigenvalue weighted by molar-refractivity contribution is 6.74. The molecule has 0 aliphatic carbocycles. The molecule has 0 unspecified atom stereocenters. The molecule has 0 aromatic heterocycles. The van der Waals surface area contributed by atoms with Crippen LogP contribution in [0.1, 0.15) is 44.1 Å². The molecule has 7 heteroatoms. The summed E-state index contributed by atoms with van der Waals surface area (Å²) in [6.07, 6.45) is -0.168. The van der Waals surface area contributed by atoms with Gasteiger partial charge in [-0.05, 0) is 53.5 Å². The molecule has 1 fully saturated rings. The zero-order valence-electron chi connectivity index (χ0n) is 20.0. The maximum atomic E-state index is 6.55. The lowest BCUT2D eigenvalue weighted by Crippen LogP contribution is -2.43. The van der Waals surface area contributed by atoms with Crippen LogP contribution >= 0.6 is 0 Å². The van der Waals surface area contributed by atoms with E-state index in [2.05, 4.69) is 33.9 Å². The van der Waals surface area contributed by atoms with Crippen molar-refractivity contribution in [1.29, 1.82) is 0 Å². The van der Waals surface area contributed by atoms with E-state index in [1.807, 2.05) is 30.3 Å². The predicted molar refractivity (Wildman–Crippen MR) is 123 cm³/mol. The van der Waals surface area contributed by atoms with Crippen LogP contribution < -0.4 is 23.4 Å². The lowest BCUT2D eigenvalue weighted by atomic mass is 10.0. The Morgan fingerprint density at radius 1 is 0.710 bits per heavy atom. The summed E-state index contributed by atoms with van der Waals surface area (Å²) in [5.41, 5.74) is 2.02. The molecule has 31 heavy (non-hydrogen) atoms. The number of methoxy groups -OCH3 is 4. The topological polar surface area (TPSA) is 58.7 Å². The van der Waals surface area contributed by atoms with Crippen molar-refractivity contribution >= 4 is 8.32 Å². The van der Waals surface area contributed by atoms with E-state index in [1.54, 1.807) is 28.4 Å². The van der Waals surface area contributed by atoms with Crippen molar-refractivity contribution in [3.05, 3.63) is 41.5 Å². The van der Waals surface area contributed by atoms with Crippen LogP contribution in [0.4, 0.5) is 0 Å². The Balaban J connectivity index is 1.89. The highest BCUT2D eigenvalue weighted by Gasteiger charge is 2.44. The molecular weight excluding hydrogens is 412 g/mol. The van der Waals surface area contributed by atoms with Crippen LogP contribution in [0, 0.1) is 0 Å². The molecule has 3 rings (SSSR count). The predicted octanol–water partition coefficient (Wildman–Crippen LogP) is 5.92. The lowest BCUT2D eigenvalue weighted by Gasteiger charge is -2.36. The number of benzene rings is 2. The van der Waals surface area contributed by atoms with Crippen LogP contribution in [0.3, 0.4) is 0 Å². The molecule has 1 saturated heterocycles. The minimum Gasteiger partial charge on any atom is -0.541 e. The first-order valence-electron chi connectivity index (χ1n) is 10.4. The van der Waals surface area contributed by atoms with E-state index in [4.69, 9.17) is 28.1 Å². The van der Waals surface area contributed by atoms with Gasteiger partial charge in [0, 0.05) is 0 Å². The second-order valence-electron chi connectivity index (χ2n) is 9.21. The molecule has 6 nitrogen and oxygen atoms in total. The van der Waals surface area contributed by atoms with Crippen molar-refractivity contribution in [3.63, 3.8) is 0 Å². The quantitative estimate of drug-likeness (QED) is 0.371. The van der Waals surface area contributed by atoms with E-state index in [-0.39, 0.29) is 17.2 Å². The summed E-state index contributed by atoms with van der Waals surface area (Å²) < 4.78 is 34.6. The molecule has 1 aliphatic heterocycles. The summed E-state index contributed by atoms with van der Waals surface area (Å²) in [6.45, 7) is 11.1. The molecule has 0 bridgehead atoms. The third-order valence-corrected chi connectivity index (χ3v) is 10.5. The van der Waals surface area contributed by atoms with Crippen molar-refractivity contribution in [2.24, 2.45) is 0 Å². The van der Waals surface area contributed by atoms with Crippen molar-refractivity contribution < 1.29 is 28.1 Å². The van der Waals surface area contributed by atoms with E-state index >= 15 is 0 Å². The Morgan fingerprint density at radius 3 is 1.71 bits per heavy atom. The first-order chi connectivity index (χ1) is 14.6. The molecule has 2 atom stereocenters. The van der Waals surface area contributed by atoms with Gasteiger partial charge in [0.15, 0.2) is 17.2 Å². The van der Waals surface area contributed by atoms with E-state index in [0.717, 1.165) is 22.6 Å². The molecule has 0 spiro atoms. The van der Waals surface area contributed by atoms with E-state index in [1.165, 1.54) is 0 Å². The van der Waals surface area contributed by atoms with Crippen molar-refractivity contribution in [3.8, 4) is 28.7 Å². The second kappa shape index (κ2) is 8.63. The van der Waals surface area contributed by atoms with E-state index in [9.17, 15) is 0 Å². The summed E-state index contributed by atoms with van der Waals surface area (Å²) in [6, 6.07) is 9.89. The largest absolute Gasteiger partial charge is 0.541 e. The minimum atomic E-state index is -2.01. The lowest BCUT2D eigenvalue weighted by molar-refractivity contribution is 0.322. The SMILES string of the molecule is COc1ccc([C@H]2O[C@H]2c2cc(OC)c(OC)c(OC)c2)cc1O[Si](C)(C)C(C)(C)C. The number of rotatable bonds is 8. The Labute approximate surface area is 186 Å². The summed E-state index contributed by atoms with van der Waals surface area (Å²) >= 11 is 0. The summed E-state index contributed by atoms with van der Waals surface area (Å²) in [5.74, 6) is 3.30. The summed E-state index contributed by atoms with van der Waals surface area (Å²) in [7, 11) is 4.47. The summed E-state index contributed by atoms with van der Waals surface area (Å²) in [4.78, 5) is 0. The highest BCUT2D eigenvalue weighted by atomic mass is 28.4. The molecule has 0 radical (unpaired) electrons. The monoisotopic (exact) mass is 446 g/mol. The molecule has 0 amide bonds. The molecule has 170 valence electrons. The molecule has 1 aliphatic rings. The second-order valence-corrected chi connectivity index (χ2v) is 13.9. The maximum Gasteiger partial charge on any atom is 0.250 e. The molecule has 1 heterocycles. The zero-order valence-corrected chi connectivity index (χ0v) is 21.0. The van der Waals surface area contributed by atoms with Gasteiger partial charge in [0.05, 0.1) is 28.4 Å². The Bertz CT molecular complexity index is 909. The van der Waals surface area contributed by atoms with Crippen LogP contribution in [0.5, 0.6) is 28.7 Å². The third kappa shape index (κ3) is 4.62. The van der Waals surface area contributed by atoms with Gasteiger partial charge in [0.1, 0.15) is 18.0 Å². The molecule has 2 aromatic rings. The number of hydrogen-bond donors (Lipinski definition) is 0. The molecular formula is C24H34O6Si. The van der Waals surface area contributed by atoms with Crippen LogP contribution in [-0.4, -0.2) is 36.8 Å². The number of ether oxygens (including phenoxy) is 5. The first kappa shape index (κ1) is 23.3.